The molecule has 0 saturated carbocycles. The van der Waals surface area contributed by atoms with E-state index in [1.807, 2.05) is 13.0 Å². The molecule has 1 amide bonds. The lowest BCUT2D eigenvalue weighted by Crippen LogP contribution is -2.41. The first-order chi connectivity index (χ1) is 9.97. The number of aliphatic hydroxyl groups is 1. The Balaban J connectivity index is 1.86. The molecular formula is C15H21ClN2O3. The molecule has 21 heavy (non-hydrogen) atoms. The molecule has 0 aliphatic carbocycles. The Morgan fingerprint density at radius 3 is 3.00 bits per heavy atom. The predicted octanol–water partition coefficient (Wildman–Crippen LogP) is 1.11. The molecule has 1 aliphatic heterocycles. The number of carbonyl (C=O) groups is 1. The first-order valence-corrected chi connectivity index (χ1v) is 7.44. The molecule has 0 bridgehead atoms. The molecule has 1 aromatic carbocycles. The van der Waals surface area contributed by atoms with E-state index in [0.717, 1.165) is 5.56 Å². The number of aliphatic hydroxyl groups excluding tert-OH is 1. The topological polar surface area (TPSA) is 70.6 Å². The number of hydrogen-bond donors (Lipinski definition) is 3. The lowest BCUT2D eigenvalue weighted by atomic mass is 10.1. The van der Waals surface area contributed by atoms with Crippen LogP contribution in [0.25, 0.3) is 0 Å². The van der Waals surface area contributed by atoms with Crippen LogP contribution in [0.5, 0.6) is 5.75 Å². The molecule has 0 radical (unpaired) electrons. The van der Waals surface area contributed by atoms with Gasteiger partial charge in [-0.05, 0) is 31.5 Å². The van der Waals surface area contributed by atoms with E-state index in [1.165, 1.54) is 0 Å². The van der Waals surface area contributed by atoms with Gasteiger partial charge in [-0.3, -0.25) is 4.79 Å². The van der Waals surface area contributed by atoms with E-state index in [4.69, 9.17) is 16.3 Å². The lowest BCUT2D eigenvalue weighted by Gasteiger charge is -2.18. The Kier molecular flexibility index (Phi) is 5.45. The molecule has 2 rings (SSSR count). The molecule has 3 atom stereocenters. The summed E-state index contributed by atoms with van der Waals surface area (Å²) in [5, 5.41) is 16.0. The van der Waals surface area contributed by atoms with Crippen LogP contribution in [0.3, 0.4) is 0 Å². The fourth-order valence-corrected chi connectivity index (χ4v) is 2.41. The minimum Gasteiger partial charge on any atom is -0.479 e. The molecular weight excluding hydrogens is 292 g/mol. The smallest absolute Gasteiger partial charge is 0.260 e. The maximum Gasteiger partial charge on any atom is 0.260 e. The SMILES string of the molecule is Cc1ccc(Cl)c(OC(C)C(=O)NCC2CNCC2O)c1. The monoisotopic (exact) mass is 312 g/mol. The van der Waals surface area contributed by atoms with Crippen molar-refractivity contribution >= 4 is 17.5 Å². The predicted molar refractivity (Wildman–Crippen MR) is 81.7 cm³/mol. The van der Waals surface area contributed by atoms with Gasteiger partial charge in [0.25, 0.3) is 5.91 Å². The molecule has 116 valence electrons. The summed E-state index contributed by atoms with van der Waals surface area (Å²) in [5.41, 5.74) is 1.02. The van der Waals surface area contributed by atoms with Crippen molar-refractivity contribution in [2.75, 3.05) is 19.6 Å². The molecule has 1 saturated heterocycles. The van der Waals surface area contributed by atoms with Gasteiger partial charge in [0.05, 0.1) is 11.1 Å². The number of nitrogens with one attached hydrogen (secondary N) is 2. The highest BCUT2D eigenvalue weighted by Gasteiger charge is 2.26. The Hall–Kier alpha value is -1.30. The molecule has 0 aromatic heterocycles. The quantitative estimate of drug-likeness (QED) is 0.762. The van der Waals surface area contributed by atoms with Gasteiger partial charge in [0.2, 0.25) is 0 Å². The second-order valence-electron chi connectivity index (χ2n) is 5.42. The van der Waals surface area contributed by atoms with Crippen LogP contribution in [-0.4, -0.2) is 42.9 Å². The van der Waals surface area contributed by atoms with Gasteiger partial charge < -0.3 is 20.5 Å². The van der Waals surface area contributed by atoms with Gasteiger partial charge in [-0.15, -0.1) is 0 Å². The van der Waals surface area contributed by atoms with E-state index in [0.29, 0.717) is 30.4 Å². The van der Waals surface area contributed by atoms with Crippen molar-refractivity contribution in [3.05, 3.63) is 28.8 Å². The summed E-state index contributed by atoms with van der Waals surface area (Å²) in [6, 6.07) is 5.43. The molecule has 5 nitrogen and oxygen atoms in total. The summed E-state index contributed by atoms with van der Waals surface area (Å²) in [4.78, 5) is 12.0. The van der Waals surface area contributed by atoms with Gasteiger partial charge in [-0.1, -0.05) is 17.7 Å². The molecule has 3 unspecified atom stereocenters. The van der Waals surface area contributed by atoms with Gasteiger partial charge >= 0.3 is 0 Å². The highest BCUT2D eigenvalue weighted by molar-refractivity contribution is 6.32. The normalized spacial score (nSPS) is 22.9. The van der Waals surface area contributed by atoms with Crippen LogP contribution < -0.4 is 15.4 Å². The number of amides is 1. The van der Waals surface area contributed by atoms with E-state index in [2.05, 4.69) is 10.6 Å². The minimum atomic E-state index is -0.643. The zero-order chi connectivity index (χ0) is 15.4. The third kappa shape index (κ3) is 4.33. The van der Waals surface area contributed by atoms with Crippen molar-refractivity contribution in [1.29, 1.82) is 0 Å². The summed E-state index contributed by atoms with van der Waals surface area (Å²) in [7, 11) is 0. The van der Waals surface area contributed by atoms with E-state index in [-0.39, 0.29) is 11.8 Å². The van der Waals surface area contributed by atoms with Crippen LogP contribution in [0.15, 0.2) is 18.2 Å². The van der Waals surface area contributed by atoms with Crippen molar-refractivity contribution in [3.8, 4) is 5.75 Å². The minimum absolute atomic E-state index is 0.0451. The lowest BCUT2D eigenvalue weighted by molar-refractivity contribution is -0.127. The summed E-state index contributed by atoms with van der Waals surface area (Å²) in [6.45, 7) is 5.33. The summed E-state index contributed by atoms with van der Waals surface area (Å²) >= 11 is 6.05. The Morgan fingerprint density at radius 1 is 1.57 bits per heavy atom. The van der Waals surface area contributed by atoms with Crippen LogP contribution in [0.4, 0.5) is 0 Å². The fraction of sp³-hybridized carbons (Fsp3) is 0.533. The molecule has 3 N–H and O–H groups in total. The number of hydrogen-bond acceptors (Lipinski definition) is 4. The number of aryl methyl sites for hydroxylation is 1. The molecule has 6 heteroatoms. The highest BCUT2D eigenvalue weighted by Crippen LogP contribution is 2.26. The second kappa shape index (κ2) is 7.11. The number of β-amino-alcohol motifs (C(OH)–C–C–N with tert-alkyl or cyclic N) is 1. The average molecular weight is 313 g/mol. The van der Waals surface area contributed by atoms with E-state index >= 15 is 0 Å². The first-order valence-electron chi connectivity index (χ1n) is 7.06. The summed E-state index contributed by atoms with van der Waals surface area (Å²) in [6.07, 6.45) is -1.05. The fourth-order valence-electron chi connectivity index (χ4n) is 2.25. The number of carbonyl (C=O) groups excluding carboxylic acids is 1. The summed E-state index contributed by atoms with van der Waals surface area (Å²) < 4.78 is 5.61. The van der Waals surface area contributed by atoms with E-state index < -0.39 is 12.2 Å². The number of benzene rings is 1. The maximum absolute atomic E-state index is 12.0. The maximum atomic E-state index is 12.0. The number of halogens is 1. The van der Waals surface area contributed by atoms with Gasteiger partial charge in [-0.25, -0.2) is 0 Å². The molecule has 1 fully saturated rings. The Morgan fingerprint density at radius 2 is 2.33 bits per heavy atom. The van der Waals surface area contributed by atoms with Crippen molar-refractivity contribution in [1.82, 2.24) is 10.6 Å². The third-order valence-corrected chi connectivity index (χ3v) is 3.91. The Bertz CT molecular complexity index is 510. The van der Waals surface area contributed by atoms with Gasteiger partial charge in [-0.2, -0.15) is 0 Å². The van der Waals surface area contributed by atoms with Crippen molar-refractivity contribution < 1.29 is 14.6 Å². The van der Waals surface area contributed by atoms with Crippen molar-refractivity contribution in [2.45, 2.75) is 26.1 Å². The Labute approximate surface area is 129 Å². The first kappa shape index (κ1) is 16.1. The molecule has 1 aliphatic rings. The highest BCUT2D eigenvalue weighted by atomic mass is 35.5. The second-order valence-corrected chi connectivity index (χ2v) is 5.83. The van der Waals surface area contributed by atoms with Gasteiger partial charge in [0.1, 0.15) is 5.75 Å². The number of rotatable bonds is 5. The summed E-state index contributed by atoms with van der Waals surface area (Å²) in [5.74, 6) is 0.331. The van der Waals surface area contributed by atoms with E-state index in [1.54, 1.807) is 19.1 Å². The van der Waals surface area contributed by atoms with Crippen LogP contribution in [0.1, 0.15) is 12.5 Å². The molecule has 1 heterocycles. The van der Waals surface area contributed by atoms with Crippen LogP contribution >= 0.6 is 11.6 Å². The molecule has 0 spiro atoms. The van der Waals surface area contributed by atoms with Crippen molar-refractivity contribution in [2.24, 2.45) is 5.92 Å². The zero-order valence-corrected chi connectivity index (χ0v) is 13.0. The zero-order valence-electron chi connectivity index (χ0n) is 12.2. The van der Waals surface area contributed by atoms with Crippen LogP contribution in [0, 0.1) is 12.8 Å². The average Bonchev–Trinajstić information content (AvgIpc) is 2.85. The van der Waals surface area contributed by atoms with Crippen LogP contribution in [0.2, 0.25) is 5.02 Å². The number of ether oxygens (including phenoxy) is 1. The van der Waals surface area contributed by atoms with Crippen molar-refractivity contribution in [3.63, 3.8) is 0 Å². The standard InChI is InChI=1S/C15H21ClN2O3/c1-9-3-4-12(16)14(5-9)21-10(2)15(20)18-7-11-6-17-8-13(11)19/h3-5,10-11,13,17,19H,6-8H2,1-2H3,(H,18,20). The van der Waals surface area contributed by atoms with Crippen LogP contribution in [-0.2, 0) is 4.79 Å². The van der Waals surface area contributed by atoms with Gasteiger partial charge in [0, 0.05) is 25.6 Å². The van der Waals surface area contributed by atoms with E-state index in [9.17, 15) is 9.90 Å². The molecule has 1 aromatic rings. The third-order valence-electron chi connectivity index (χ3n) is 3.60. The largest absolute Gasteiger partial charge is 0.479 e. The van der Waals surface area contributed by atoms with Gasteiger partial charge in [0.15, 0.2) is 6.10 Å².